The maximum Gasteiger partial charge on any atom is 0.258 e. The van der Waals surface area contributed by atoms with Crippen LogP contribution in [-0.2, 0) is 7.05 Å². The number of aryl methyl sites for hydroxylation is 1. The molecule has 160 valence electrons. The number of oxazole rings is 1. The van der Waals surface area contributed by atoms with Crippen molar-refractivity contribution in [2.24, 2.45) is 7.05 Å². The monoisotopic (exact) mass is 428 g/mol. The second kappa shape index (κ2) is 8.10. The van der Waals surface area contributed by atoms with E-state index in [0.717, 1.165) is 16.8 Å². The number of methoxy groups -OCH3 is 1. The number of pyridine rings is 1. The minimum atomic E-state index is -0.390. The maximum absolute atomic E-state index is 6.06. The molecule has 0 aliphatic heterocycles. The van der Waals surface area contributed by atoms with Crippen LogP contribution in [0.15, 0.2) is 66.0 Å². The normalized spacial score (nSPS) is 12.1. The average Bonchev–Trinajstić information content (AvgIpc) is 3.49. The van der Waals surface area contributed by atoms with E-state index in [9.17, 15) is 0 Å². The summed E-state index contributed by atoms with van der Waals surface area (Å²) in [7, 11) is 3.44. The molecule has 0 saturated carbocycles. The van der Waals surface area contributed by atoms with E-state index in [1.807, 2.05) is 50.5 Å². The minimum absolute atomic E-state index is 0.316. The van der Waals surface area contributed by atoms with E-state index in [-0.39, 0.29) is 6.10 Å². The Balaban J connectivity index is 1.66. The van der Waals surface area contributed by atoms with Crippen molar-refractivity contribution >= 4 is 11.0 Å². The van der Waals surface area contributed by atoms with Gasteiger partial charge in [-0.2, -0.15) is 5.10 Å². The second-order valence-corrected chi connectivity index (χ2v) is 7.19. The number of nitrogens with zero attached hydrogens (tertiary/aromatic N) is 6. The van der Waals surface area contributed by atoms with Crippen molar-refractivity contribution in [3.8, 4) is 34.1 Å². The fraction of sp³-hybridized carbons (Fsp3) is 0.174. The van der Waals surface area contributed by atoms with Crippen LogP contribution in [0.5, 0.6) is 11.6 Å². The summed E-state index contributed by atoms with van der Waals surface area (Å²) in [6.07, 6.45) is 5.95. The molecule has 9 heteroatoms. The predicted molar refractivity (Wildman–Crippen MR) is 117 cm³/mol. The number of benzene rings is 1. The quantitative estimate of drug-likeness (QED) is 0.396. The van der Waals surface area contributed by atoms with Gasteiger partial charge in [-0.05, 0) is 6.92 Å². The van der Waals surface area contributed by atoms with Crippen molar-refractivity contribution in [1.29, 1.82) is 0 Å². The van der Waals surface area contributed by atoms with Crippen LogP contribution in [0, 0.1) is 0 Å². The first-order chi connectivity index (χ1) is 15.6. The van der Waals surface area contributed by atoms with Crippen molar-refractivity contribution in [3.05, 3.63) is 67.3 Å². The molecule has 1 aromatic carbocycles. The number of ether oxygens (including phenoxy) is 2. The third-order valence-corrected chi connectivity index (χ3v) is 5.05. The van der Waals surface area contributed by atoms with Crippen molar-refractivity contribution in [3.63, 3.8) is 0 Å². The van der Waals surface area contributed by atoms with Gasteiger partial charge in [0.15, 0.2) is 12.1 Å². The van der Waals surface area contributed by atoms with Gasteiger partial charge in [0.1, 0.15) is 41.3 Å². The van der Waals surface area contributed by atoms with Gasteiger partial charge in [-0.15, -0.1) is 0 Å². The number of hydrogen-bond acceptors (Lipinski definition) is 8. The van der Waals surface area contributed by atoms with Gasteiger partial charge in [0, 0.05) is 30.4 Å². The topological polar surface area (TPSA) is 101 Å². The molecule has 4 heterocycles. The Bertz CT molecular complexity index is 1370. The second-order valence-electron chi connectivity index (χ2n) is 7.19. The lowest BCUT2D eigenvalue weighted by atomic mass is 10.0. The summed E-state index contributed by atoms with van der Waals surface area (Å²) in [5, 5.41) is 4.66. The number of fused-ring (bicyclic) bond motifs is 1. The van der Waals surface area contributed by atoms with Gasteiger partial charge in [0.2, 0.25) is 0 Å². The van der Waals surface area contributed by atoms with Gasteiger partial charge in [0.25, 0.3) is 5.88 Å². The Morgan fingerprint density at radius 1 is 1.06 bits per heavy atom. The molecule has 0 spiro atoms. The highest BCUT2D eigenvalue weighted by molar-refractivity contribution is 5.94. The van der Waals surface area contributed by atoms with E-state index in [4.69, 9.17) is 18.9 Å². The van der Waals surface area contributed by atoms with Crippen LogP contribution >= 0.6 is 0 Å². The standard InChI is InChI=1S/C23H20N6O3/c1-14(18-11-31-13-26-18)32-23-19(30-3)9-17-22(27-23)21(25-12-24-17)16-10-29(2)28-20(16)15-7-5-4-6-8-15/h4-14H,1-3H3. The van der Waals surface area contributed by atoms with Crippen molar-refractivity contribution < 1.29 is 13.9 Å². The van der Waals surface area contributed by atoms with Crippen LogP contribution < -0.4 is 9.47 Å². The van der Waals surface area contributed by atoms with Crippen LogP contribution in [0.4, 0.5) is 0 Å². The van der Waals surface area contributed by atoms with E-state index in [2.05, 4.69) is 20.1 Å². The zero-order valence-electron chi connectivity index (χ0n) is 17.8. The largest absolute Gasteiger partial charge is 0.491 e. The minimum Gasteiger partial charge on any atom is -0.491 e. The van der Waals surface area contributed by atoms with E-state index >= 15 is 0 Å². The smallest absolute Gasteiger partial charge is 0.258 e. The molecule has 0 radical (unpaired) electrons. The Morgan fingerprint density at radius 2 is 1.91 bits per heavy atom. The highest BCUT2D eigenvalue weighted by atomic mass is 16.5. The third-order valence-electron chi connectivity index (χ3n) is 5.05. The van der Waals surface area contributed by atoms with E-state index in [1.54, 1.807) is 17.9 Å². The molecule has 0 amide bonds. The van der Waals surface area contributed by atoms with Crippen molar-refractivity contribution in [1.82, 2.24) is 29.7 Å². The summed E-state index contributed by atoms with van der Waals surface area (Å²) < 4.78 is 18.4. The lowest BCUT2D eigenvalue weighted by molar-refractivity contribution is 0.202. The summed E-state index contributed by atoms with van der Waals surface area (Å²) in [6.45, 7) is 1.86. The molecule has 0 fully saturated rings. The van der Waals surface area contributed by atoms with Crippen LogP contribution in [0.25, 0.3) is 33.5 Å². The Hall–Kier alpha value is -4.27. The summed E-state index contributed by atoms with van der Waals surface area (Å²) in [5.41, 5.74) is 5.17. The molecule has 4 aromatic heterocycles. The SMILES string of the molecule is COc1cc2ncnc(-c3cn(C)nc3-c3ccccc3)c2nc1OC(C)c1cocn1. The summed E-state index contributed by atoms with van der Waals surface area (Å²) >= 11 is 0. The fourth-order valence-electron chi connectivity index (χ4n) is 3.50. The molecule has 9 nitrogen and oxygen atoms in total. The summed E-state index contributed by atoms with van der Waals surface area (Å²) in [6, 6.07) is 11.7. The number of rotatable bonds is 6. The fourth-order valence-corrected chi connectivity index (χ4v) is 3.50. The summed E-state index contributed by atoms with van der Waals surface area (Å²) in [4.78, 5) is 17.8. The maximum atomic E-state index is 6.06. The molecule has 0 N–H and O–H groups in total. The van der Waals surface area contributed by atoms with Gasteiger partial charge in [-0.25, -0.2) is 19.9 Å². The molecule has 0 bridgehead atoms. The van der Waals surface area contributed by atoms with Crippen LogP contribution in [0.1, 0.15) is 18.7 Å². The first-order valence-electron chi connectivity index (χ1n) is 9.98. The highest BCUT2D eigenvalue weighted by Crippen LogP contribution is 2.37. The molecule has 1 unspecified atom stereocenters. The van der Waals surface area contributed by atoms with E-state index in [0.29, 0.717) is 34.1 Å². The average molecular weight is 428 g/mol. The molecule has 5 aromatic rings. The first kappa shape index (κ1) is 19.7. The molecular formula is C23H20N6O3. The van der Waals surface area contributed by atoms with Crippen molar-refractivity contribution in [2.75, 3.05) is 7.11 Å². The van der Waals surface area contributed by atoms with Gasteiger partial charge < -0.3 is 13.9 Å². The van der Waals surface area contributed by atoms with Crippen LogP contribution in [0.2, 0.25) is 0 Å². The Morgan fingerprint density at radius 3 is 2.66 bits per heavy atom. The lowest BCUT2D eigenvalue weighted by Crippen LogP contribution is -2.06. The summed E-state index contributed by atoms with van der Waals surface area (Å²) in [5.74, 6) is 0.781. The predicted octanol–water partition coefficient (Wildman–Crippen LogP) is 4.23. The third kappa shape index (κ3) is 3.53. The lowest BCUT2D eigenvalue weighted by Gasteiger charge is -2.15. The molecule has 5 rings (SSSR count). The Labute approximate surface area is 183 Å². The molecular weight excluding hydrogens is 408 g/mol. The van der Waals surface area contributed by atoms with Gasteiger partial charge >= 0.3 is 0 Å². The Kier molecular flexibility index (Phi) is 4.98. The number of aromatic nitrogens is 6. The van der Waals surface area contributed by atoms with Crippen LogP contribution in [-0.4, -0.2) is 36.8 Å². The zero-order chi connectivity index (χ0) is 22.1. The van der Waals surface area contributed by atoms with Crippen molar-refractivity contribution in [2.45, 2.75) is 13.0 Å². The molecule has 0 aliphatic rings. The molecule has 0 aliphatic carbocycles. The van der Waals surface area contributed by atoms with Crippen LogP contribution in [0.3, 0.4) is 0 Å². The van der Waals surface area contributed by atoms with E-state index < -0.39 is 0 Å². The molecule has 32 heavy (non-hydrogen) atoms. The number of hydrogen-bond donors (Lipinski definition) is 0. The first-order valence-corrected chi connectivity index (χ1v) is 9.98. The highest BCUT2D eigenvalue weighted by Gasteiger charge is 2.21. The van der Waals surface area contributed by atoms with E-state index in [1.165, 1.54) is 19.0 Å². The molecule has 1 atom stereocenters. The van der Waals surface area contributed by atoms with Gasteiger partial charge in [-0.1, -0.05) is 30.3 Å². The van der Waals surface area contributed by atoms with Gasteiger partial charge in [0.05, 0.1) is 12.6 Å². The zero-order valence-corrected chi connectivity index (χ0v) is 17.8. The van der Waals surface area contributed by atoms with Gasteiger partial charge in [-0.3, -0.25) is 4.68 Å². The molecule has 0 saturated heterocycles.